The van der Waals surface area contributed by atoms with Gasteiger partial charge in [0.15, 0.2) is 0 Å². The molecule has 1 rings (SSSR count). The zero-order chi connectivity index (χ0) is 10.6. The van der Waals surface area contributed by atoms with Gasteiger partial charge in [-0.1, -0.05) is 34.1 Å². The molecule has 2 N–H and O–H groups in total. The van der Waals surface area contributed by atoms with Crippen LogP contribution in [-0.2, 0) is 4.74 Å². The lowest BCUT2D eigenvalue weighted by molar-refractivity contribution is 0.0470. The third-order valence-electron chi connectivity index (χ3n) is 2.04. The molecule has 0 aliphatic heterocycles. The number of hydrogen-bond acceptors (Lipinski definition) is 2. The van der Waals surface area contributed by atoms with Crippen LogP contribution in [-0.4, -0.2) is 12.6 Å². The minimum absolute atomic E-state index is 0.00588. The number of ether oxygens (including phenoxy) is 1. The molecule has 0 amide bonds. The highest BCUT2D eigenvalue weighted by atomic mass is 79.9. The van der Waals surface area contributed by atoms with Crippen LogP contribution in [0.3, 0.4) is 0 Å². The lowest BCUT2D eigenvalue weighted by atomic mass is 10.0. The summed E-state index contributed by atoms with van der Waals surface area (Å²) in [4.78, 5) is 0. The second kappa shape index (κ2) is 5.49. The zero-order valence-electron chi connectivity index (χ0n) is 8.53. The van der Waals surface area contributed by atoms with Crippen molar-refractivity contribution < 1.29 is 4.74 Å². The van der Waals surface area contributed by atoms with E-state index in [1.165, 1.54) is 0 Å². The lowest BCUT2D eigenvalue weighted by Gasteiger charge is -2.22. The van der Waals surface area contributed by atoms with E-state index >= 15 is 0 Å². The second-order valence-electron chi connectivity index (χ2n) is 3.26. The van der Waals surface area contributed by atoms with Gasteiger partial charge in [-0.15, -0.1) is 0 Å². The predicted molar refractivity (Wildman–Crippen MR) is 62.2 cm³/mol. The Kier molecular flexibility index (Phi) is 4.58. The summed E-state index contributed by atoms with van der Waals surface area (Å²) in [6, 6.07) is 8.01. The topological polar surface area (TPSA) is 35.2 Å². The van der Waals surface area contributed by atoms with E-state index in [0.29, 0.717) is 6.61 Å². The van der Waals surface area contributed by atoms with Crippen molar-refractivity contribution in [2.45, 2.75) is 26.0 Å². The minimum Gasteiger partial charge on any atom is -0.372 e. The van der Waals surface area contributed by atoms with Crippen molar-refractivity contribution in [3.8, 4) is 0 Å². The van der Waals surface area contributed by atoms with E-state index in [2.05, 4.69) is 15.9 Å². The first-order valence-corrected chi connectivity index (χ1v) is 5.57. The summed E-state index contributed by atoms with van der Waals surface area (Å²) in [6.07, 6.45) is -0.0319. The minimum atomic E-state index is -0.0319. The van der Waals surface area contributed by atoms with Crippen LogP contribution in [0.2, 0.25) is 0 Å². The number of benzene rings is 1. The van der Waals surface area contributed by atoms with Gasteiger partial charge in [-0.25, -0.2) is 0 Å². The van der Waals surface area contributed by atoms with Gasteiger partial charge < -0.3 is 10.5 Å². The molecule has 0 aliphatic carbocycles. The smallest absolute Gasteiger partial charge is 0.0983 e. The second-order valence-corrected chi connectivity index (χ2v) is 4.11. The highest BCUT2D eigenvalue weighted by molar-refractivity contribution is 9.10. The highest BCUT2D eigenvalue weighted by Crippen LogP contribution is 2.27. The Hall–Kier alpha value is -0.380. The van der Waals surface area contributed by atoms with Crippen LogP contribution in [0.15, 0.2) is 28.7 Å². The SMILES string of the molecule is CCOC(c1ccccc1Br)C(C)N. The average Bonchev–Trinajstić information content (AvgIpc) is 2.15. The molecule has 3 heteroatoms. The summed E-state index contributed by atoms with van der Waals surface area (Å²) >= 11 is 3.50. The highest BCUT2D eigenvalue weighted by Gasteiger charge is 2.18. The third kappa shape index (κ3) is 2.80. The van der Waals surface area contributed by atoms with Crippen LogP contribution in [0, 0.1) is 0 Å². The quantitative estimate of drug-likeness (QED) is 0.901. The van der Waals surface area contributed by atoms with Gasteiger partial charge in [-0.2, -0.15) is 0 Å². The molecule has 1 aromatic rings. The molecule has 2 nitrogen and oxygen atoms in total. The Labute approximate surface area is 93.6 Å². The van der Waals surface area contributed by atoms with Gasteiger partial charge in [0.1, 0.15) is 0 Å². The molecule has 0 aromatic heterocycles. The van der Waals surface area contributed by atoms with Gasteiger partial charge in [0.05, 0.1) is 6.10 Å². The predicted octanol–water partition coefficient (Wildman–Crippen LogP) is 2.87. The van der Waals surface area contributed by atoms with Crippen molar-refractivity contribution in [2.24, 2.45) is 5.73 Å². The number of hydrogen-bond donors (Lipinski definition) is 1. The molecule has 0 fully saturated rings. The van der Waals surface area contributed by atoms with Crippen molar-refractivity contribution in [2.75, 3.05) is 6.61 Å². The van der Waals surface area contributed by atoms with E-state index in [0.717, 1.165) is 10.0 Å². The molecule has 78 valence electrons. The lowest BCUT2D eigenvalue weighted by Crippen LogP contribution is -2.27. The summed E-state index contributed by atoms with van der Waals surface area (Å²) in [7, 11) is 0. The van der Waals surface area contributed by atoms with E-state index in [1.54, 1.807) is 0 Å². The molecular weight excluding hydrogens is 242 g/mol. The summed E-state index contributed by atoms with van der Waals surface area (Å²) in [6.45, 7) is 4.61. The van der Waals surface area contributed by atoms with Crippen molar-refractivity contribution >= 4 is 15.9 Å². The van der Waals surface area contributed by atoms with Gasteiger partial charge in [-0.3, -0.25) is 0 Å². The molecular formula is C11H16BrNO. The first kappa shape index (κ1) is 11.7. The third-order valence-corrected chi connectivity index (χ3v) is 2.76. The van der Waals surface area contributed by atoms with E-state index in [1.807, 2.05) is 38.1 Å². The Morgan fingerprint density at radius 3 is 2.57 bits per heavy atom. The standard InChI is InChI=1S/C11H16BrNO/c1-3-14-11(8(2)13)9-6-4-5-7-10(9)12/h4-8,11H,3,13H2,1-2H3. The Morgan fingerprint density at radius 2 is 2.07 bits per heavy atom. The van der Waals surface area contributed by atoms with Gasteiger partial charge >= 0.3 is 0 Å². The Balaban J connectivity index is 2.93. The number of nitrogens with two attached hydrogens (primary N) is 1. The van der Waals surface area contributed by atoms with Crippen molar-refractivity contribution in [1.29, 1.82) is 0 Å². The maximum absolute atomic E-state index is 5.88. The van der Waals surface area contributed by atoms with Gasteiger partial charge in [-0.05, 0) is 25.5 Å². The molecule has 0 heterocycles. The zero-order valence-corrected chi connectivity index (χ0v) is 10.1. The van der Waals surface area contributed by atoms with Crippen LogP contribution >= 0.6 is 15.9 Å². The summed E-state index contributed by atoms with van der Waals surface area (Å²) in [5.41, 5.74) is 6.99. The monoisotopic (exact) mass is 257 g/mol. The number of halogens is 1. The summed E-state index contributed by atoms with van der Waals surface area (Å²) in [5, 5.41) is 0. The molecule has 1 aromatic carbocycles. The fourth-order valence-electron chi connectivity index (χ4n) is 1.41. The van der Waals surface area contributed by atoms with Crippen molar-refractivity contribution in [3.63, 3.8) is 0 Å². The van der Waals surface area contributed by atoms with Crippen LogP contribution in [0.25, 0.3) is 0 Å². The largest absolute Gasteiger partial charge is 0.372 e. The normalized spacial score (nSPS) is 15.1. The molecule has 0 saturated carbocycles. The van der Waals surface area contributed by atoms with Gasteiger partial charge in [0, 0.05) is 17.1 Å². The maximum Gasteiger partial charge on any atom is 0.0983 e. The van der Waals surface area contributed by atoms with Crippen LogP contribution in [0.1, 0.15) is 25.5 Å². The summed E-state index contributed by atoms with van der Waals surface area (Å²) in [5.74, 6) is 0. The fraction of sp³-hybridized carbons (Fsp3) is 0.455. The first-order chi connectivity index (χ1) is 6.66. The average molecular weight is 258 g/mol. The van der Waals surface area contributed by atoms with E-state index in [9.17, 15) is 0 Å². The van der Waals surface area contributed by atoms with Gasteiger partial charge in [0.2, 0.25) is 0 Å². The molecule has 0 bridgehead atoms. The fourth-order valence-corrected chi connectivity index (χ4v) is 1.92. The van der Waals surface area contributed by atoms with Crippen molar-refractivity contribution in [1.82, 2.24) is 0 Å². The van der Waals surface area contributed by atoms with Crippen LogP contribution < -0.4 is 5.73 Å². The number of rotatable bonds is 4. The van der Waals surface area contributed by atoms with Crippen LogP contribution in [0.4, 0.5) is 0 Å². The Bertz CT molecular complexity index is 288. The molecule has 2 atom stereocenters. The van der Waals surface area contributed by atoms with E-state index < -0.39 is 0 Å². The molecule has 0 aliphatic rings. The first-order valence-electron chi connectivity index (χ1n) is 4.78. The molecule has 14 heavy (non-hydrogen) atoms. The summed E-state index contributed by atoms with van der Waals surface area (Å²) < 4.78 is 6.67. The van der Waals surface area contributed by atoms with Gasteiger partial charge in [0.25, 0.3) is 0 Å². The Morgan fingerprint density at radius 1 is 1.43 bits per heavy atom. The van der Waals surface area contributed by atoms with E-state index in [4.69, 9.17) is 10.5 Å². The van der Waals surface area contributed by atoms with Crippen LogP contribution in [0.5, 0.6) is 0 Å². The van der Waals surface area contributed by atoms with Crippen molar-refractivity contribution in [3.05, 3.63) is 34.3 Å². The van der Waals surface area contributed by atoms with E-state index in [-0.39, 0.29) is 12.1 Å². The molecule has 0 radical (unpaired) electrons. The molecule has 2 unspecified atom stereocenters. The molecule has 0 saturated heterocycles. The maximum atomic E-state index is 5.88. The molecule has 0 spiro atoms.